The van der Waals surface area contributed by atoms with E-state index < -0.39 is 6.16 Å². The molecule has 1 aliphatic rings. The van der Waals surface area contributed by atoms with Crippen molar-refractivity contribution in [2.75, 3.05) is 13.2 Å². The normalized spacial score (nSPS) is 17.7. The second kappa shape index (κ2) is 3.47. The van der Waals surface area contributed by atoms with E-state index in [0.29, 0.717) is 13.2 Å². The van der Waals surface area contributed by atoms with Gasteiger partial charge in [0.2, 0.25) is 0 Å². The Balaban J connectivity index is 2.07. The Morgan fingerprint density at radius 2 is 1.69 bits per heavy atom. The van der Waals surface area contributed by atoms with Gasteiger partial charge in [-0.15, -0.1) is 0 Å². The summed E-state index contributed by atoms with van der Waals surface area (Å²) in [6.45, 7) is 0.839. The van der Waals surface area contributed by atoms with Crippen LogP contribution in [-0.2, 0) is 9.47 Å². The van der Waals surface area contributed by atoms with Crippen molar-refractivity contribution in [3.63, 3.8) is 0 Å². The highest BCUT2D eigenvalue weighted by atomic mass is 16.7. The molecule has 13 heavy (non-hydrogen) atoms. The molecule has 0 bridgehead atoms. The van der Waals surface area contributed by atoms with Gasteiger partial charge in [0.25, 0.3) is 0 Å². The number of hydrogen-bond donors (Lipinski definition) is 0. The minimum atomic E-state index is -0.563. The van der Waals surface area contributed by atoms with Crippen molar-refractivity contribution in [3.8, 4) is 0 Å². The lowest BCUT2D eigenvalue weighted by molar-refractivity contribution is 0.00722. The van der Waals surface area contributed by atoms with Gasteiger partial charge in [0.15, 0.2) is 0 Å². The first-order valence-corrected chi connectivity index (χ1v) is 4.21. The molecule has 0 radical (unpaired) electrons. The lowest BCUT2D eigenvalue weighted by Crippen LogP contribution is -2.25. The predicted octanol–water partition coefficient (Wildman–Crippen LogP) is 1.94. The third kappa shape index (κ3) is 1.80. The number of carbonyl (C=O) groups is 1. The van der Waals surface area contributed by atoms with Gasteiger partial charge in [-0.1, -0.05) is 30.3 Å². The lowest BCUT2D eigenvalue weighted by atomic mass is 10.0. The Morgan fingerprint density at radius 3 is 2.31 bits per heavy atom. The SMILES string of the molecule is O=C1OCC(c2ccccc2)CO1. The maximum absolute atomic E-state index is 10.6. The Kier molecular flexibility index (Phi) is 2.17. The molecule has 0 unspecified atom stereocenters. The molecule has 1 aliphatic heterocycles. The van der Waals surface area contributed by atoms with Crippen LogP contribution in [0.2, 0.25) is 0 Å². The van der Waals surface area contributed by atoms with E-state index in [9.17, 15) is 4.79 Å². The zero-order valence-corrected chi connectivity index (χ0v) is 7.10. The van der Waals surface area contributed by atoms with Crippen molar-refractivity contribution in [1.29, 1.82) is 0 Å². The van der Waals surface area contributed by atoms with Gasteiger partial charge in [0, 0.05) is 0 Å². The molecule has 1 saturated heterocycles. The minimum Gasteiger partial charge on any atom is -0.434 e. The third-order valence-corrected chi connectivity index (χ3v) is 2.08. The Hall–Kier alpha value is -1.51. The topological polar surface area (TPSA) is 35.5 Å². The lowest BCUT2D eigenvalue weighted by Gasteiger charge is -2.21. The standard InChI is InChI=1S/C10H10O3/c11-10-12-6-9(7-13-10)8-4-2-1-3-5-8/h1-5,9H,6-7H2. The van der Waals surface area contributed by atoms with Crippen molar-refractivity contribution in [1.82, 2.24) is 0 Å². The van der Waals surface area contributed by atoms with Crippen molar-refractivity contribution >= 4 is 6.16 Å². The van der Waals surface area contributed by atoms with Crippen LogP contribution >= 0.6 is 0 Å². The first kappa shape index (κ1) is 8.10. The molecule has 0 aromatic heterocycles. The number of cyclic esters (lactones) is 2. The van der Waals surface area contributed by atoms with Crippen LogP contribution in [0.25, 0.3) is 0 Å². The summed E-state index contributed by atoms with van der Waals surface area (Å²) in [4.78, 5) is 10.6. The van der Waals surface area contributed by atoms with Crippen LogP contribution in [0.4, 0.5) is 4.79 Å². The zero-order valence-electron chi connectivity index (χ0n) is 7.10. The van der Waals surface area contributed by atoms with E-state index in [1.807, 2.05) is 30.3 Å². The van der Waals surface area contributed by atoms with E-state index >= 15 is 0 Å². The minimum absolute atomic E-state index is 0.180. The first-order valence-electron chi connectivity index (χ1n) is 4.21. The highest BCUT2D eigenvalue weighted by Crippen LogP contribution is 2.19. The van der Waals surface area contributed by atoms with E-state index in [1.54, 1.807) is 0 Å². The molecule has 1 aromatic rings. The molecule has 1 aromatic carbocycles. The average molecular weight is 178 g/mol. The molecule has 3 heteroatoms. The van der Waals surface area contributed by atoms with Gasteiger partial charge in [-0.2, -0.15) is 0 Å². The molecular weight excluding hydrogens is 168 g/mol. The van der Waals surface area contributed by atoms with Crippen molar-refractivity contribution in [3.05, 3.63) is 35.9 Å². The van der Waals surface area contributed by atoms with E-state index in [0.717, 1.165) is 5.56 Å². The van der Waals surface area contributed by atoms with Gasteiger partial charge >= 0.3 is 6.16 Å². The molecule has 0 atom stereocenters. The molecule has 0 spiro atoms. The van der Waals surface area contributed by atoms with Crippen LogP contribution in [0, 0.1) is 0 Å². The largest absolute Gasteiger partial charge is 0.508 e. The zero-order chi connectivity index (χ0) is 9.10. The number of rotatable bonds is 1. The highest BCUT2D eigenvalue weighted by Gasteiger charge is 2.21. The Bertz CT molecular complexity index is 284. The number of benzene rings is 1. The maximum atomic E-state index is 10.6. The number of carbonyl (C=O) groups excluding carboxylic acids is 1. The van der Waals surface area contributed by atoms with E-state index in [2.05, 4.69) is 0 Å². The third-order valence-electron chi connectivity index (χ3n) is 2.08. The summed E-state index contributed by atoms with van der Waals surface area (Å²) in [6, 6.07) is 9.90. The summed E-state index contributed by atoms with van der Waals surface area (Å²) in [5, 5.41) is 0. The number of ether oxygens (including phenoxy) is 2. The fourth-order valence-electron chi connectivity index (χ4n) is 1.34. The van der Waals surface area contributed by atoms with Crippen LogP contribution in [0.5, 0.6) is 0 Å². The first-order chi connectivity index (χ1) is 6.36. The molecule has 0 N–H and O–H groups in total. The van der Waals surface area contributed by atoms with Crippen LogP contribution in [0.3, 0.4) is 0 Å². The molecule has 0 saturated carbocycles. The molecule has 2 rings (SSSR count). The van der Waals surface area contributed by atoms with Gasteiger partial charge in [-0.3, -0.25) is 0 Å². The quantitative estimate of drug-likeness (QED) is 0.616. The fraction of sp³-hybridized carbons (Fsp3) is 0.300. The predicted molar refractivity (Wildman–Crippen MR) is 46.5 cm³/mol. The second-order valence-corrected chi connectivity index (χ2v) is 2.98. The van der Waals surface area contributed by atoms with E-state index in [-0.39, 0.29) is 5.92 Å². The van der Waals surface area contributed by atoms with Crippen LogP contribution in [0.15, 0.2) is 30.3 Å². The van der Waals surface area contributed by atoms with Gasteiger partial charge < -0.3 is 9.47 Å². The summed E-state index contributed by atoms with van der Waals surface area (Å²) in [5.74, 6) is 0.180. The summed E-state index contributed by atoms with van der Waals surface area (Å²) in [6.07, 6.45) is -0.563. The smallest absolute Gasteiger partial charge is 0.434 e. The van der Waals surface area contributed by atoms with Gasteiger partial charge in [0.1, 0.15) is 13.2 Å². The molecule has 1 heterocycles. The second-order valence-electron chi connectivity index (χ2n) is 2.98. The molecule has 3 nitrogen and oxygen atoms in total. The van der Waals surface area contributed by atoms with Crippen LogP contribution in [-0.4, -0.2) is 19.4 Å². The molecule has 0 amide bonds. The van der Waals surface area contributed by atoms with Crippen molar-refractivity contribution in [2.24, 2.45) is 0 Å². The monoisotopic (exact) mass is 178 g/mol. The highest BCUT2D eigenvalue weighted by molar-refractivity contribution is 5.60. The van der Waals surface area contributed by atoms with Crippen LogP contribution in [0.1, 0.15) is 11.5 Å². The van der Waals surface area contributed by atoms with Crippen molar-refractivity contribution < 1.29 is 14.3 Å². The summed E-state index contributed by atoms with van der Waals surface area (Å²) >= 11 is 0. The van der Waals surface area contributed by atoms with Gasteiger partial charge in [-0.25, -0.2) is 4.79 Å². The Labute approximate surface area is 76.3 Å². The van der Waals surface area contributed by atoms with E-state index in [4.69, 9.17) is 9.47 Å². The molecule has 0 aliphatic carbocycles. The molecule has 68 valence electrons. The van der Waals surface area contributed by atoms with Gasteiger partial charge in [0.05, 0.1) is 5.92 Å². The van der Waals surface area contributed by atoms with E-state index in [1.165, 1.54) is 0 Å². The van der Waals surface area contributed by atoms with Gasteiger partial charge in [-0.05, 0) is 5.56 Å². The summed E-state index contributed by atoms with van der Waals surface area (Å²) in [5.41, 5.74) is 1.15. The summed E-state index contributed by atoms with van der Waals surface area (Å²) in [7, 11) is 0. The average Bonchev–Trinajstić information content (AvgIpc) is 2.20. The molecular formula is C10H10O3. The Morgan fingerprint density at radius 1 is 1.08 bits per heavy atom. The van der Waals surface area contributed by atoms with Crippen LogP contribution < -0.4 is 0 Å². The van der Waals surface area contributed by atoms with Crippen molar-refractivity contribution in [2.45, 2.75) is 5.92 Å². The molecule has 1 fully saturated rings. The fourth-order valence-corrected chi connectivity index (χ4v) is 1.34. The summed E-state index contributed by atoms with van der Waals surface area (Å²) < 4.78 is 9.57. The maximum Gasteiger partial charge on any atom is 0.508 e. The number of hydrogen-bond acceptors (Lipinski definition) is 3.